The molecule has 5 nitrogen and oxygen atoms in total. The van der Waals surface area contributed by atoms with E-state index in [1.165, 1.54) is 5.56 Å². The van der Waals surface area contributed by atoms with Gasteiger partial charge in [0.1, 0.15) is 0 Å². The summed E-state index contributed by atoms with van der Waals surface area (Å²) in [5, 5.41) is 14.0. The Morgan fingerprint density at radius 2 is 2.12 bits per heavy atom. The van der Waals surface area contributed by atoms with Crippen molar-refractivity contribution in [2.24, 2.45) is 5.73 Å². The maximum Gasteiger partial charge on any atom is 0.0926 e. The van der Waals surface area contributed by atoms with Crippen LogP contribution in [0.2, 0.25) is 0 Å². The molecular weight excluding hydrogens is 218 g/mol. The highest BCUT2D eigenvalue weighted by Gasteiger charge is 2.23. The van der Waals surface area contributed by atoms with Crippen molar-refractivity contribution < 1.29 is 9.84 Å². The van der Waals surface area contributed by atoms with E-state index in [4.69, 9.17) is 10.5 Å². The van der Waals surface area contributed by atoms with Crippen molar-refractivity contribution in [1.82, 2.24) is 9.78 Å². The number of nitrogens with two attached hydrogens (primary N) is 1. The quantitative estimate of drug-likeness (QED) is 0.763. The molecule has 0 aliphatic carbocycles. The fourth-order valence-corrected chi connectivity index (χ4v) is 2.23. The highest BCUT2D eigenvalue weighted by molar-refractivity contribution is 5.25. The van der Waals surface area contributed by atoms with E-state index in [0.717, 1.165) is 17.8 Å². The molecule has 17 heavy (non-hydrogen) atoms. The standard InChI is InChI=1S/C12H23N3O2/c1-5-10-8(2)14-15(9(10)3)12(6-16)11(13)7-17-4/h11-12,16H,5-7,13H2,1-4H3. The summed E-state index contributed by atoms with van der Waals surface area (Å²) in [5.41, 5.74) is 9.31. The Kier molecular flexibility index (Phi) is 5.11. The molecule has 2 unspecified atom stereocenters. The minimum Gasteiger partial charge on any atom is -0.394 e. The predicted molar refractivity (Wildman–Crippen MR) is 67.1 cm³/mol. The Hall–Kier alpha value is -0.910. The number of ether oxygens (including phenoxy) is 1. The SMILES string of the molecule is CCc1c(C)nn(C(CO)C(N)COC)c1C. The van der Waals surface area contributed by atoms with Gasteiger partial charge in [-0.05, 0) is 25.8 Å². The molecule has 0 aromatic carbocycles. The topological polar surface area (TPSA) is 73.3 Å². The zero-order valence-electron chi connectivity index (χ0n) is 11.1. The predicted octanol–water partition coefficient (Wildman–Crippen LogP) is 0.569. The monoisotopic (exact) mass is 241 g/mol. The van der Waals surface area contributed by atoms with Gasteiger partial charge in [-0.15, -0.1) is 0 Å². The summed E-state index contributed by atoms with van der Waals surface area (Å²) in [4.78, 5) is 0. The van der Waals surface area contributed by atoms with Crippen LogP contribution in [0.25, 0.3) is 0 Å². The molecule has 0 amide bonds. The minimum absolute atomic E-state index is 0.0321. The van der Waals surface area contributed by atoms with Crippen LogP contribution < -0.4 is 5.73 Å². The third-order valence-electron chi connectivity index (χ3n) is 3.18. The number of rotatable bonds is 6. The molecule has 98 valence electrons. The normalized spacial score (nSPS) is 14.9. The van der Waals surface area contributed by atoms with Gasteiger partial charge in [-0.2, -0.15) is 5.10 Å². The lowest BCUT2D eigenvalue weighted by molar-refractivity contribution is 0.123. The molecule has 1 aromatic rings. The average Bonchev–Trinajstić information content (AvgIpc) is 2.56. The van der Waals surface area contributed by atoms with Gasteiger partial charge in [0.15, 0.2) is 0 Å². The molecule has 0 saturated carbocycles. The van der Waals surface area contributed by atoms with Crippen LogP contribution in [-0.4, -0.2) is 41.3 Å². The first kappa shape index (κ1) is 14.2. The Balaban J connectivity index is 3.04. The first-order valence-electron chi connectivity index (χ1n) is 5.96. The molecule has 0 aliphatic heterocycles. The van der Waals surface area contributed by atoms with Crippen LogP contribution in [0.15, 0.2) is 0 Å². The van der Waals surface area contributed by atoms with E-state index in [9.17, 15) is 5.11 Å². The fraction of sp³-hybridized carbons (Fsp3) is 0.750. The summed E-state index contributed by atoms with van der Waals surface area (Å²) in [6.45, 7) is 6.48. The van der Waals surface area contributed by atoms with Crippen molar-refractivity contribution in [3.05, 3.63) is 17.0 Å². The molecule has 2 atom stereocenters. The van der Waals surface area contributed by atoms with Crippen molar-refractivity contribution in [2.45, 2.75) is 39.3 Å². The lowest BCUT2D eigenvalue weighted by atomic mass is 10.1. The fourth-order valence-electron chi connectivity index (χ4n) is 2.23. The summed E-state index contributed by atoms with van der Waals surface area (Å²) in [6.07, 6.45) is 0.940. The lowest BCUT2D eigenvalue weighted by Gasteiger charge is -2.23. The molecule has 0 radical (unpaired) electrons. The molecular formula is C12H23N3O2. The van der Waals surface area contributed by atoms with Crippen LogP contribution in [0.3, 0.4) is 0 Å². The smallest absolute Gasteiger partial charge is 0.0926 e. The third kappa shape index (κ3) is 2.86. The van der Waals surface area contributed by atoms with E-state index < -0.39 is 0 Å². The van der Waals surface area contributed by atoms with Crippen molar-refractivity contribution in [3.8, 4) is 0 Å². The van der Waals surface area contributed by atoms with E-state index in [1.54, 1.807) is 7.11 Å². The summed E-state index contributed by atoms with van der Waals surface area (Å²) in [5.74, 6) is 0. The number of aliphatic hydroxyl groups is 1. The van der Waals surface area contributed by atoms with Crippen LogP contribution in [0.1, 0.15) is 29.9 Å². The highest BCUT2D eigenvalue weighted by Crippen LogP contribution is 2.19. The first-order chi connectivity index (χ1) is 8.06. The van der Waals surface area contributed by atoms with Gasteiger partial charge in [-0.1, -0.05) is 6.92 Å². The lowest BCUT2D eigenvalue weighted by Crippen LogP contribution is -2.39. The number of hydrogen-bond donors (Lipinski definition) is 2. The molecule has 0 fully saturated rings. The molecule has 0 aliphatic rings. The van der Waals surface area contributed by atoms with Gasteiger partial charge in [0.05, 0.1) is 31.0 Å². The summed E-state index contributed by atoms with van der Waals surface area (Å²) >= 11 is 0. The molecule has 1 heterocycles. The second kappa shape index (κ2) is 6.14. The Bertz CT molecular complexity index is 363. The van der Waals surface area contributed by atoms with Crippen LogP contribution >= 0.6 is 0 Å². The van der Waals surface area contributed by atoms with Crippen LogP contribution in [-0.2, 0) is 11.2 Å². The molecule has 0 saturated heterocycles. The largest absolute Gasteiger partial charge is 0.394 e. The van der Waals surface area contributed by atoms with Gasteiger partial charge >= 0.3 is 0 Å². The molecule has 0 bridgehead atoms. The van der Waals surface area contributed by atoms with Crippen LogP contribution in [0.4, 0.5) is 0 Å². The van der Waals surface area contributed by atoms with E-state index >= 15 is 0 Å². The van der Waals surface area contributed by atoms with E-state index in [1.807, 2.05) is 18.5 Å². The average molecular weight is 241 g/mol. The molecule has 3 N–H and O–H groups in total. The zero-order valence-corrected chi connectivity index (χ0v) is 11.1. The number of aryl methyl sites for hydroxylation is 1. The van der Waals surface area contributed by atoms with Crippen molar-refractivity contribution in [1.29, 1.82) is 0 Å². The number of nitrogens with zero attached hydrogens (tertiary/aromatic N) is 2. The second-order valence-corrected chi connectivity index (χ2v) is 4.32. The summed E-state index contributed by atoms with van der Waals surface area (Å²) < 4.78 is 6.87. The highest BCUT2D eigenvalue weighted by atomic mass is 16.5. The molecule has 1 aromatic heterocycles. The van der Waals surface area contributed by atoms with E-state index in [2.05, 4.69) is 12.0 Å². The van der Waals surface area contributed by atoms with Crippen molar-refractivity contribution in [3.63, 3.8) is 0 Å². The zero-order chi connectivity index (χ0) is 13.0. The van der Waals surface area contributed by atoms with Crippen molar-refractivity contribution in [2.75, 3.05) is 20.3 Å². The van der Waals surface area contributed by atoms with Crippen LogP contribution in [0.5, 0.6) is 0 Å². The van der Waals surface area contributed by atoms with Gasteiger partial charge in [0.2, 0.25) is 0 Å². The van der Waals surface area contributed by atoms with Gasteiger partial charge in [0, 0.05) is 12.8 Å². The molecule has 1 rings (SSSR count). The maximum atomic E-state index is 9.48. The van der Waals surface area contributed by atoms with Crippen molar-refractivity contribution >= 4 is 0 Å². The number of methoxy groups -OCH3 is 1. The van der Waals surface area contributed by atoms with Crippen LogP contribution in [0, 0.1) is 13.8 Å². The number of aliphatic hydroxyl groups excluding tert-OH is 1. The Morgan fingerprint density at radius 3 is 2.53 bits per heavy atom. The van der Waals surface area contributed by atoms with Gasteiger partial charge in [-0.3, -0.25) is 4.68 Å². The first-order valence-corrected chi connectivity index (χ1v) is 5.96. The van der Waals surface area contributed by atoms with Gasteiger partial charge in [0.25, 0.3) is 0 Å². The second-order valence-electron chi connectivity index (χ2n) is 4.32. The summed E-state index contributed by atoms with van der Waals surface area (Å²) in [7, 11) is 1.60. The third-order valence-corrected chi connectivity index (χ3v) is 3.18. The number of hydrogen-bond acceptors (Lipinski definition) is 4. The van der Waals surface area contributed by atoms with E-state index in [0.29, 0.717) is 6.61 Å². The minimum atomic E-state index is -0.257. The van der Waals surface area contributed by atoms with Gasteiger partial charge < -0.3 is 15.6 Å². The molecule has 5 heteroatoms. The Labute approximate surface area is 103 Å². The molecule has 0 spiro atoms. The van der Waals surface area contributed by atoms with Gasteiger partial charge in [-0.25, -0.2) is 0 Å². The number of aromatic nitrogens is 2. The van der Waals surface area contributed by atoms with E-state index in [-0.39, 0.29) is 18.7 Å². The summed E-state index contributed by atoms with van der Waals surface area (Å²) in [6, 6.07) is -0.485. The maximum absolute atomic E-state index is 9.48. The Morgan fingerprint density at radius 1 is 1.47 bits per heavy atom.